The molecule has 5 heteroatoms. The Morgan fingerprint density at radius 2 is 2.40 bits per heavy atom. The molecule has 0 bridgehead atoms. The van der Waals surface area contributed by atoms with Crippen LogP contribution in [0.3, 0.4) is 0 Å². The summed E-state index contributed by atoms with van der Waals surface area (Å²) in [6.45, 7) is 2.55. The summed E-state index contributed by atoms with van der Waals surface area (Å²) < 4.78 is 11.1. The van der Waals surface area contributed by atoms with Crippen LogP contribution in [-0.4, -0.2) is 31.8 Å². The van der Waals surface area contributed by atoms with Crippen LogP contribution in [0.5, 0.6) is 5.75 Å². The number of aromatic nitrogens is 1. The van der Waals surface area contributed by atoms with Gasteiger partial charge in [0.05, 0.1) is 19.4 Å². The van der Waals surface area contributed by atoms with Crippen molar-refractivity contribution in [3.05, 3.63) is 33.6 Å². The highest BCUT2D eigenvalue weighted by molar-refractivity contribution is 7.12. The molecule has 1 aromatic heterocycles. The quantitative estimate of drug-likeness (QED) is 0.786. The number of rotatable bonds is 2. The maximum Gasteiger partial charge on any atom is 0.124 e. The predicted molar refractivity (Wildman–Crippen MR) is 78.5 cm³/mol. The molecule has 20 heavy (non-hydrogen) atoms. The van der Waals surface area contributed by atoms with Gasteiger partial charge in [0.1, 0.15) is 16.9 Å². The van der Waals surface area contributed by atoms with Crippen molar-refractivity contribution in [2.75, 3.05) is 26.8 Å². The third-order valence-corrected chi connectivity index (χ3v) is 4.99. The number of hydrogen-bond donors (Lipinski definition) is 1. The Morgan fingerprint density at radius 1 is 1.45 bits per heavy atom. The number of hydrogen-bond acceptors (Lipinski definition) is 5. The number of methoxy groups -OCH3 is 1. The van der Waals surface area contributed by atoms with E-state index in [-0.39, 0.29) is 6.10 Å². The Kier molecular flexibility index (Phi) is 2.98. The van der Waals surface area contributed by atoms with Crippen molar-refractivity contribution < 1.29 is 9.47 Å². The molecule has 1 fully saturated rings. The Bertz CT molecular complexity index is 647. The molecule has 1 aliphatic carbocycles. The molecule has 104 valence electrons. The molecule has 4 nitrogen and oxygen atoms in total. The van der Waals surface area contributed by atoms with Gasteiger partial charge in [0.25, 0.3) is 0 Å². The lowest BCUT2D eigenvalue weighted by Gasteiger charge is -2.21. The Morgan fingerprint density at radius 3 is 3.20 bits per heavy atom. The first-order chi connectivity index (χ1) is 9.85. The lowest BCUT2D eigenvalue weighted by molar-refractivity contribution is 0.0276. The van der Waals surface area contributed by atoms with E-state index in [2.05, 4.69) is 17.4 Å². The van der Waals surface area contributed by atoms with Crippen LogP contribution in [0.15, 0.2) is 18.2 Å². The fourth-order valence-corrected chi connectivity index (χ4v) is 3.94. The van der Waals surface area contributed by atoms with Crippen LogP contribution >= 0.6 is 11.3 Å². The zero-order valence-corrected chi connectivity index (χ0v) is 12.1. The largest absolute Gasteiger partial charge is 0.497 e. The lowest BCUT2D eigenvalue weighted by Crippen LogP contribution is -2.33. The van der Waals surface area contributed by atoms with Crippen molar-refractivity contribution in [3.63, 3.8) is 0 Å². The van der Waals surface area contributed by atoms with Gasteiger partial charge in [-0.1, -0.05) is 6.07 Å². The molecule has 1 atom stereocenters. The first-order valence-corrected chi connectivity index (χ1v) is 7.66. The maximum atomic E-state index is 5.79. The standard InChI is InChI=1S/C15H16N2O2S/c1-18-10-3-2-9-6-13-14(11(9)7-10)17-15(20-13)12-8-16-4-5-19-12/h2-3,7,12,16H,4-6,8H2,1H3. The summed E-state index contributed by atoms with van der Waals surface area (Å²) in [5.41, 5.74) is 3.67. The first-order valence-electron chi connectivity index (χ1n) is 6.84. The molecule has 0 radical (unpaired) electrons. The third-order valence-electron chi connectivity index (χ3n) is 3.84. The van der Waals surface area contributed by atoms with E-state index in [4.69, 9.17) is 14.5 Å². The highest BCUT2D eigenvalue weighted by Gasteiger charge is 2.27. The fraction of sp³-hybridized carbons (Fsp3) is 0.400. The van der Waals surface area contributed by atoms with Crippen LogP contribution < -0.4 is 10.1 Å². The number of fused-ring (bicyclic) bond motifs is 3. The molecule has 1 aromatic carbocycles. The molecule has 0 saturated carbocycles. The predicted octanol–water partition coefficient (Wildman–Crippen LogP) is 2.38. The van der Waals surface area contributed by atoms with E-state index in [0.29, 0.717) is 0 Å². The van der Waals surface area contributed by atoms with E-state index in [0.717, 1.165) is 42.6 Å². The zero-order valence-electron chi connectivity index (χ0n) is 11.3. The second kappa shape index (κ2) is 4.84. The van der Waals surface area contributed by atoms with E-state index in [1.54, 1.807) is 18.4 Å². The number of nitrogens with one attached hydrogen (secondary N) is 1. The SMILES string of the molecule is COc1ccc2c(c1)-c1nc(C3CNCCO3)sc1C2. The second-order valence-electron chi connectivity index (χ2n) is 5.09. The topological polar surface area (TPSA) is 43.4 Å². The Balaban J connectivity index is 1.70. The van der Waals surface area contributed by atoms with Gasteiger partial charge in [-0.05, 0) is 17.7 Å². The minimum absolute atomic E-state index is 0.105. The van der Waals surface area contributed by atoms with Crippen molar-refractivity contribution in [1.29, 1.82) is 0 Å². The van der Waals surface area contributed by atoms with Gasteiger partial charge in [-0.15, -0.1) is 11.3 Å². The first kappa shape index (κ1) is 12.3. The molecule has 4 rings (SSSR count). The van der Waals surface area contributed by atoms with Crippen molar-refractivity contribution in [1.82, 2.24) is 10.3 Å². The fourth-order valence-electron chi connectivity index (χ4n) is 2.79. The minimum atomic E-state index is 0.105. The number of nitrogens with zero attached hydrogens (tertiary/aromatic N) is 1. The highest BCUT2D eigenvalue weighted by Crippen LogP contribution is 2.42. The molecule has 1 saturated heterocycles. The summed E-state index contributed by atoms with van der Waals surface area (Å²) in [6.07, 6.45) is 1.08. The van der Waals surface area contributed by atoms with Crippen LogP contribution in [0.2, 0.25) is 0 Å². The van der Waals surface area contributed by atoms with Gasteiger partial charge in [-0.25, -0.2) is 4.98 Å². The van der Waals surface area contributed by atoms with Crippen LogP contribution in [0.1, 0.15) is 21.6 Å². The van der Waals surface area contributed by atoms with Crippen LogP contribution in [0.4, 0.5) is 0 Å². The summed E-state index contributed by atoms with van der Waals surface area (Å²) in [5.74, 6) is 0.890. The van der Waals surface area contributed by atoms with Crippen LogP contribution in [0, 0.1) is 0 Å². The second-order valence-corrected chi connectivity index (χ2v) is 6.20. The molecule has 2 heterocycles. The molecule has 1 aliphatic heterocycles. The minimum Gasteiger partial charge on any atom is -0.497 e. The molecule has 0 spiro atoms. The van der Waals surface area contributed by atoms with Crippen molar-refractivity contribution in [2.45, 2.75) is 12.5 Å². The molecular formula is C15H16N2O2S. The summed E-state index contributed by atoms with van der Waals surface area (Å²) in [4.78, 5) is 6.17. The van der Waals surface area contributed by atoms with E-state index in [1.807, 2.05) is 6.07 Å². The third kappa shape index (κ3) is 1.93. The number of morpholine rings is 1. The monoisotopic (exact) mass is 288 g/mol. The molecule has 0 amide bonds. The van der Waals surface area contributed by atoms with E-state index in [1.165, 1.54) is 16.0 Å². The van der Waals surface area contributed by atoms with E-state index >= 15 is 0 Å². The molecule has 1 N–H and O–H groups in total. The van der Waals surface area contributed by atoms with Crippen LogP contribution in [-0.2, 0) is 11.2 Å². The van der Waals surface area contributed by atoms with Gasteiger partial charge in [0, 0.05) is 30.0 Å². The van der Waals surface area contributed by atoms with Crippen molar-refractivity contribution in [2.24, 2.45) is 0 Å². The molecule has 1 unspecified atom stereocenters. The smallest absolute Gasteiger partial charge is 0.124 e. The lowest BCUT2D eigenvalue weighted by atomic mass is 10.1. The van der Waals surface area contributed by atoms with Gasteiger partial charge in [0.15, 0.2) is 0 Å². The Hall–Kier alpha value is -1.43. The van der Waals surface area contributed by atoms with Gasteiger partial charge in [-0.2, -0.15) is 0 Å². The van der Waals surface area contributed by atoms with Gasteiger partial charge >= 0.3 is 0 Å². The maximum absolute atomic E-state index is 5.79. The van der Waals surface area contributed by atoms with Gasteiger partial charge in [0.2, 0.25) is 0 Å². The molecule has 2 aromatic rings. The zero-order chi connectivity index (χ0) is 13.5. The van der Waals surface area contributed by atoms with E-state index in [9.17, 15) is 0 Å². The van der Waals surface area contributed by atoms with Crippen molar-refractivity contribution in [3.8, 4) is 17.0 Å². The Labute approximate surface area is 121 Å². The summed E-state index contributed by atoms with van der Waals surface area (Å²) in [7, 11) is 1.70. The summed E-state index contributed by atoms with van der Waals surface area (Å²) >= 11 is 1.78. The normalized spacial score (nSPS) is 20.6. The molecule has 2 aliphatic rings. The highest BCUT2D eigenvalue weighted by atomic mass is 32.1. The van der Waals surface area contributed by atoms with Gasteiger partial charge in [-0.3, -0.25) is 0 Å². The number of ether oxygens (including phenoxy) is 2. The summed E-state index contributed by atoms with van der Waals surface area (Å²) in [6, 6.07) is 6.25. The average molecular weight is 288 g/mol. The van der Waals surface area contributed by atoms with Gasteiger partial charge < -0.3 is 14.8 Å². The van der Waals surface area contributed by atoms with E-state index < -0.39 is 0 Å². The van der Waals surface area contributed by atoms with Crippen molar-refractivity contribution >= 4 is 11.3 Å². The molecular weight excluding hydrogens is 272 g/mol. The average Bonchev–Trinajstić information content (AvgIpc) is 3.05. The summed E-state index contributed by atoms with van der Waals surface area (Å²) in [5, 5.41) is 4.45. The number of benzene rings is 1. The number of thiazole rings is 1. The van der Waals surface area contributed by atoms with Crippen LogP contribution in [0.25, 0.3) is 11.3 Å².